The largest absolute Gasteiger partial charge is 0.350 e. The standard InChI is InChI=1S/C23H17Cl2N3O2/c1-14-18(25)6-4-7-19(14)27-21-20(15-8-10-16(24)11-9-15)22(29)28(23(21)30)13-17-5-2-3-12-26-17/h2-12,27H,13H2,1H3. The molecular weight excluding hydrogens is 421 g/mol. The van der Waals surface area contributed by atoms with Crippen molar-refractivity contribution in [1.82, 2.24) is 9.88 Å². The van der Waals surface area contributed by atoms with Crippen LogP contribution in [0.15, 0.2) is 72.6 Å². The predicted molar refractivity (Wildman–Crippen MR) is 118 cm³/mol. The zero-order valence-corrected chi connectivity index (χ0v) is 17.5. The summed E-state index contributed by atoms with van der Waals surface area (Å²) in [5, 5.41) is 4.25. The molecule has 0 aliphatic carbocycles. The quantitative estimate of drug-likeness (QED) is 0.564. The smallest absolute Gasteiger partial charge is 0.278 e. The number of amides is 2. The number of hydrogen-bond donors (Lipinski definition) is 1. The third-order valence-corrected chi connectivity index (χ3v) is 5.54. The second-order valence-electron chi connectivity index (χ2n) is 6.81. The molecule has 4 rings (SSSR count). The Morgan fingerprint density at radius 1 is 0.933 bits per heavy atom. The number of aromatic nitrogens is 1. The summed E-state index contributed by atoms with van der Waals surface area (Å²) in [4.78, 5) is 32.0. The molecule has 2 aromatic carbocycles. The maximum Gasteiger partial charge on any atom is 0.278 e. The molecule has 0 saturated heterocycles. The maximum atomic E-state index is 13.3. The first kappa shape index (κ1) is 20.1. The number of hydrogen-bond acceptors (Lipinski definition) is 4. The van der Waals surface area contributed by atoms with Crippen molar-refractivity contribution in [3.8, 4) is 0 Å². The summed E-state index contributed by atoms with van der Waals surface area (Å²) in [6.07, 6.45) is 1.63. The van der Waals surface area contributed by atoms with E-state index < -0.39 is 11.8 Å². The van der Waals surface area contributed by atoms with Crippen LogP contribution in [0.4, 0.5) is 5.69 Å². The number of anilines is 1. The topological polar surface area (TPSA) is 62.3 Å². The molecule has 0 radical (unpaired) electrons. The number of nitrogens with zero attached hydrogens (tertiary/aromatic N) is 2. The van der Waals surface area contributed by atoms with Crippen molar-refractivity contribution < 1.29 is 9.59 Å². The average Bonchev–Trinajstić information content (AvgIpc) is 2.97. The Morgan fingerprint density at radius 3 is 2.40 bits per heavy atom. The van der Waals surface area contributed by atoms with Gasteiger partial charge in [0.25, 0.3) is 11.8 Å². The molecule has 2 heterocycles. The summed E-state index contributed by atoms with van der Waals surface area (Å²) in [6, 6.07) is 17.6. The minimum atomic E-state index is -0.421. The van der Waals surface area contributed by atoms with Crippen LogP contribution in [-0.4, -0.2) is 21.7 Å². The molecule has 1 aliphatic heterocycles. The van der Waals surface area contributed by atoms with Gasteiger partial charge in [-0.3, -0.25) is 19.5 Å². The fourth-order valence-corrected chi connectivity index (χ4v) is 3.55. The minimum absolute atomic E-state index is 0.0787. The molecule has 0 saturated carbocycles. The Kier molecular flexibility index (Phi) is 5.57. The predicted octanol–water partition coefficient (Wildman–Crippen LogP) is 5.09. The SMILES string of the molecule is Cc1c(Cl)cccc1NC1=C(c2ccc(Cl)cc2)C(=O)N(Cc2ccccn2)C1=O. The van der Waals surface area contributed by atoms with Gasteiger partial charge < -0.3 is 5.32 Å². The molecule has 1 aromatic heterocycles. The number of rotatable bonds is 5. The molecule has 5 nitrogen and oxygen atoms in total. The van der Waals surface area contributed by atoms with Crippen LogP contribution in [0, 0.1) is 6.92 Å². The fourth-order valence-electron chi connectivity index (χ4n) is 3.25. The van der Waals surface area contributed by atoms with Crippen LogP contribution in [0.25, 0.3) is 5.57 Å². The highest BCUT2D eigenvalue weighted by molar-refractivity contribution is 6.37. The van der Waals surface area contributed by atoms with Gasteiger partial charge in [-0.05, 0) is 54.4 Å². The Hall–Kier alpha value is -3.15. The average molecular weight is 438 g/mol. The lowest BCUT2D eigenvalue weighted by atomic mass is 10.0. The molecule has 0 fully saturated rings. The van der Waals surface area contributed by atoms with E-state index in [2.05, 4.69) is 10.3 Å². The summed E-state index contributed by atoms with van der Waals surface area (Å²) < 4.78 is 0. The summed E-state index contributed by atoms with van der Waals surface area (Å²) in [5.74, 6) is -0.815. The lowest BCUT2D eigenvalue weighted by molar-refractivity contribution is -0.137. The van der Waals surface area contributed by atoms with E-state index in [1.807, 2.05) is 19.1 Å². The zero-order valence-electron chi connectivity index (χ0n) is 16.0. The number of halogens is 2. The van der Waals surface area contributed by atoms with Crippen LogP contribution in [-0.2, 0) is 16.1 Å². The fraction of sp³-hybridized carbons (Fsp3) is 0.0870. The lowest BCUT2D eigenvalue weighted by Gasteiger charge is -2.15. The van der Waals surface area contributed by atoms with Crippen molar-refractivity contribution in [3.05, 3.63) is 99.4 Å². The zero-order chi connectivity index (χ0) is 21.3. The minimum Gasteiger partial charge on any atom is -0.350 e. The first-order valence-electron chi connectivity index (χ1n) is 9.24. The second-order valence-corrected chi connectivity index (χ2v) is 7.66. The van der Waals surface area contributed by atoms with Crippen LogP contribution in [0.2, 0.25) is 10.0 Å². The first-order valence-corrected chi connectivity index (χ1v) is 10.00. The number of imide groups is 1. The van der Waals surface area contributed by atoms with Gasteiger partial charge in [0.05, 0.1) is 17.8 Å². The number of nitrogens with one attached hydrogen (secondary N) is 1. The summed E-state index contributed by atoms with van der Waals surface area (Å²) in [5.41, 5.74) is 3.14. The molecule has 0 atom stereocenters. The first-order chi connectivity index (χ1) is 14.5. The Balaban J connectivity index is 1.77. The molecule has 150 valence electrons. The van der Waals surface area contributed by atoms with E-state index in [1.54, 1.807) is 54.7 Å². The Labute approximate surface area is 183 Å². The number of benzene rings is 2. The molecular formula is C23H17Cl2N3O2. The van der Waals surface area contributed by atoms with Crippen LogP contribution in [0.3, 0.4) is 0 Å². The highest BCUT2D eigenvalue weighted by Crippen LogP contribution is 2.33. The van der Waals surface area contributed by atoms with E-state index in [1.165, 1.54) is 4.90 Å². The second kappa shape index (κ2) is 8.30. The molecule has 1 aliphatic rings. The molecule has 0 unspecified atom stereocenters. The normalized spacial score (nSPS) is 13.9. The van der Waals surface area contributed by atoms with E-state index in [0.29, 0.717) is 27.0 Å². The summed E-state index contributed by atoms with van der Waals surface area (Å²) in [6.45, 7) is 1.93. The number of carbonyl (C=O) groups excluding carboxylic acids is 2. The van der Waals surface area contributed by atoms with Crippen molar-refractivity contribution in [1.29, 1.82) is 0 Å². The molecule has 3 aromatic rings. The van der Waals surface area contributed by atoms with Crippen LogP contribution in [0.1, 0.15) is 16.8 Å². The van der Waals surface area contributed by atoms with Gasteiger partial charge in [0.1, 0.15) is 5.70 Å². The van der Waals surface area contributed by atoms with Crippen molar-refractivity contribution >= 4 is 46.3 Å². The van der Waals surface area contributed by atoms with Gasteiger partial charge in [-0.1, -0.05) is 47.5 Å². The van der Waals surface area contributed by atoms with Gasteiger partial charge in [0.2, 0.25) is 0 Å². The van der Waals surface area contributed by atoms with E-state index in [-0.39, 0.29) is 17.8 Å². The molecule has 1 N–H and O–H groups in total. The maximum absolute atomic E-state index is 13.3. The number of carbonyl (C=O) groups is 2. The van der Waals surface area contributed by atoms with Crippen molar-refractivity contribution in [3.63, 3.8) is 0 Å². The molecule has 7 heteroatoms. The molecule has 0 bridgehead atoms. The van der Waals surface area contributed by atoms with Crippen molar-refractivity contribution in [2.75, 3.05) is 5.32 Å². The van der Waals surface area contributed by atoms with Crippen LogP contribution >= 0.6 is 23.2 Å². The summed E-state index contributed by atoms with van der Waals surface area (Å²) >= 11 is 12.2. The van der Waals surface area contributed by atoms with Crippen molar-refractivity contribution in [2.24, 2.45) is 0 Å². The molecule has 2 amide bonds. The van der Waals surface area contributed by atoms with Gasteiger partial charge in [0, 0.05) is 21.9 Å². The van der Waals surface area contributed by atoms with Gasteiger partial charge in [-0.15, -0.1) is 0 Å². The van der Waals surface area contributed by atoms with Gasteiger partial charge >= 0.3 is 0 Å². The van der Waals surface area contributed by atoms with Crippen molar-refractivity contribution in [2.45, 2.75) is 13.5 Å². The third kappa shape index (κ3) is 3.82. The van der Waals surface area contributed by atoms with Crippen LogP contribution in [0.5, 0.6) is 0 Å². The van der Waals surface area contributed by atoms with E-state index in [0.717, 1.165) is 5.56 Å². The lowest BCUT2D eigenvalue weighted by Crippen LogP contribution is -2.32. The Morgan fingerprint density at radius 2 is 1.70 bits per heavy atom. The highest BCUT2D eigenvalue weighted by atomic mass is 35.5. The van der Waals surface area contributed by atoms with Gasteiger partial charge in [0.15, 0.2) is 0 Å². The molecule has 30 heavy (non-hydrogen) atoms. The highest BCUT2D eigenvalue weighted by Gasteiger charge is 2.39. The van der Waals surface area contributed by atoms with E-state index in [9.17, 15) is 9.59 Å². The molecule has 0 spiro atoms. The van der Waals surface area contributed by atoms with Gasteiger partial charge in [-0.25, -0.2) is 0 Å². The van der Waals surface area contributed by atoms with Crippen LogP contribution < -0.4 is 5.32 Å². The summed E-state index contributed by atoms with van der Waals surface area (Å²) in [7, 11) is 0. The number of pyridine rings is 1. The van der Waals surface area contributed by atoms with E-state index >= 15 is 0 Å². The third-order valence-electron chi connectivity index (χ3n) is 4.87. The monoisotopic (exact) mass is 437 g/mol. The Bertz CT molecular complexity index is 1160. The van der Waals surface area contributed by atoms with E-state index in [4.69, 9.17) is 23.2 Å². The van der Waals surface area contributed by atoms with Gasteiger partial charge in [-0.2, -0.15) is 0 Å².